The number of thiophene rings is 1. The minimum Gasteiger partial charge on any atom is -0.334 e. The molecule has 1 amide bonds. The van der Waals surface area contributed by atoms with E-state index in [2.05, 4.69) is 39.9 Å². The summed E-state index contributed by atoms with van der Waals surface area (Å²) >= 11 is 1.72. The number of aryl methyl sites for hydroxylation is 2. The van der Waals surface area contributed by atoms with Gasteiger partial charge in [0.25, 0.3) is 5.91 Å². The third kappa shape index (κ3) is 3.09. The molecular weight excluding hydrogens is 396 g/mol. The zero-order chi connectivity index (χ0) is 20.4. The molecule has 3 aromatic heterocycles. The van der Waals surface area contributed by atoms with Gasteiger partial charge in [-0.2, -0.15) is 5.10 Å². The molecule has 2 atom stereocenters. The van der Waals surface area contributed by atoms with Gasteiger partial charge in [0, 0.05) is 57.8 Å². The Morgan fingerprint density at radius 2 is 1.93 bits per heavy atom. The van der Waals surface area contributed by atoms with E-state index in [1.165, 1.54) is 23.4 Å². The van der Waals surface area contributed by atoms with E-state index in [0.29, 0.717) is 23.7 Å². The highest BCUT2D eigenvalue weighted by atomic mass is 32.1. The normalized spacial score (nSPS) is 23.3. The lowest BCUT2D eigenvalue weighted by Gasteiger charge is -2.33. The fourth-order valence-corrected chi connectivity index (χ4v) is 5.89. The Labute approximate surface area is 179 Å². The van der Waals surface area contributed by atoms with Crippen LogP contribution >= 0.6 is 11.3 Å². The first-order valence-corrected chi connectivity index (χ1v) is 11.6. The van der Waals surface area contributed by atoms with Crippen molar-refractivity contribution in [1.29, 1.82) is 0 Å². The van der Waals surface area contributed by atoms with Crippen LogP contribution in [0.1, 0.15) is 58.2 Å². The molecule has 5 heterocycles. The summed E-state index contributed by atoms with van der Waals surface area (Å²) in [6.07, 6.45) is 4.76. The quantitative estimate of drug-likeness (QED) is 0.595. The number of pyridine rings is 1. The summed E-state index contributed by atoms with van der Waals surface area (Å²) in [5.41, 5.74) is 2.71. The van der Waals surface area contributed by atoms with Crippen molar-refractivity contribution in [2.45, 2.75) is 57.5 Å². The third-order valence-corrected chi connectivity index (χ3v) is 7.77. The van der Waals surface area contributed by atoms with Crippen LogP contribution < -0.4 is 10.6 Å². The number of nitrogens with zero attached hydrogens (tertiary/aromatic N) is 3. The van der Waals surface area contributed by atoms with Gasteiger partial charge >= 0.3 is 0 Å². The van der Waals surface area contributed by atoms with Gasteiger partial charge in [-0.25, -0.2) is 4.98 Å². The number of nitrogens with one attached hydrogen (secondary N) is 3. The topological polar surface area (TPSA) is 85.9 Å². The summed E-state index contributed by atoms with van der Waals surface area (Å²) < 4.78 is 1.13. The first kappa shape index (κ1) is 18.3. The molecule has 3 aromatic rings. The van der Waals surface area contributed by atoms with Gasteiger partial charge in [-0.05, 0) is 51.2 Å². The summed E-state index contributed by atoms with van der Waals surface area (Å²) in [5.74, 6) is 2.14. The fraction of sp³-hybridized carbons (Fsp3) is 0.500. The number of carbonyl (C=O) groups is 1. The molecule has 3 fully saturated rings. The second-order valence-corrected chi connectivity index (χ2v) is 10.2. The summed E-state index contributed by atoms with van der Waals surface area (Å²) in [6, 6.07) is 5.06. The van der Waals surface area contributed by atoms with Crippen LogP contribution in [0.2, 0.25) is 0 Å². The Hall–Kier alpha value is -2.45. The number of piperazine rings is 1. The van der Waals surface area contributed by atoms with Crippen molar-refractivity contribution >= 4 is 39.0 Å². The second kappa shape index (κ2) is 6.78. The van der Waals surface area contributed by atoms with Crippen LogP contribution in [0.4, 0.5) is 11.6 Å². The predicted molar refractivity (Wildman–Crippen MR) is 119 cm³/mol. The number of anilines is 2. The maximum Gasteiger partial charge on any atom is 0.272 e. The molecule has 3 aliphatic rings. The number of rotatable bonds is 4. The first-order valence-electron chi connectivity index (χ1n) is 10.8. The highest BCUT2D eigenvalue weighted by Crippen LogP contribution is 2.40. The molecule has 156 valence electrons. The maximum absolute atomic E-state index is 13.5. The average Bonchev–Trinajstić information content (AvgIpc) is 3.20. The fourth-order valence-electron chi connectivity index (χ4n) is 4.87. The van der Waals surface area contributed by atoms with Crippen LogP contribution in [0.15, 0.2) is 12.1 Å². The van der Waals surface area contributed by atoms with Crippen LogP contribution in [0.25, 0.3) is 10.1 Å². The van der Waals surface area contributed by atoms with Crippen molar-refractivity contribution in [3.05, 3.63) is 34.0 Å². The van der Waals surface area contributed by atoms with Crippen LogP contribution in [0.3, 0.4) is 0 Å². The summed E-state index contributed by atoms with van der Waals surface area (Å²) in [5, 5.41) is 15.6. The number of likely N-dealkylation sites (tertiary alicyclic amines) is 1. The Kier molecular flexibility index (Phi) is 4.14. The number of hydrogen-bond donors (Lipinski definition) is 3. The molecule has 2 aliphatic heterocycles. The molecule has 0 radical (unpaired) electrons. The Morgan fingerprint density at radius 1 is 1.17 bits per heavy atom. The molecule has 6 rings (SSSR count). The average molecular weight is 423 g/mol. The van der Waals surface area contributed by atoms with Gasteiger partial charge in [0.2, 0.25) is 0 Å². The molecule has 30 heavy (non-hydrogen) atoms. The van der Waals surface area contributed by atoms with E-state index in [4.69, 9.17) is 4.98 Å². The molecule has 0 spiro atoms. The number of H-pyrrole nitrogens is 1. The van der Waals surface area contributed by atoms with E-state index in [-0.39, 0.29) is 5.91 Å². The van der Waals surface area contributed by atoms with Gasteiger partial charge in [0.05, 0.1) is 0 Å². The van der Waals surface area contributed by atoms with Gasteiger partial charge < -0.3 is 15.5 Å². The van der Waals surface area contributed by atoms with E-state index in [9.17, 15) is 4.79 Å². The van der Waals surface area contributed by atoms with E-state index < -0.39 is 0 Å². The van der Waals surface area contributed by atoms with Crippen LogP contribution in [-0.2, 0) is 0 Å². The molecule has 1 saturated carbocycles. The predicted octanol–water partition coefficient (Wildman–Crippen LogP) is 3.83. The Balaban J connectivity index is 1.38. The van der Waals surface area contributed by atoms with Gasteiger partial charge in [-0.3, -0.25) is 9.89 Å². The number of carbonyl (C=O) groups excluding carboxylic acids is 1. The lowest BCUT2D eigenvalue weighted by molar-refractivity contribution is 0.0691. The smallest absolute Gasteiger partial charge is 0.272 e. The number of aromatic nitrogens is 3. The van der Waals surface area contributed by atoms with Crippen molar-refractivity contribution in [2.75, 3.05) is 18.4 Å². The monoisotopic (exact) mass is 422 g/mol. The summed E-state index contributed by atoms with van der Waals surface area (Å²) in [6.45, 7) is 5.66. The van der Waals surface area contributed by atoms with E-state index in [1.54, 1.807) is 11.3 Å². The maximum atomic E-state index is 13.5. The number of fused-ring (bicyclic) bond motifs is 3. The highest BCUT2D eigenvalue weighted by molar-refractivity contribution is 7.19. The standard InChI is InChI=1S/C22H26N6OS/c1-11-7-16-20(30-11)12(2)19(22(29)28-9-14-5-6-15(10-28)23-14)25-21(16)24-18-8-17(26-27-18)13-3-4-13/h7-8,13-15,23H,3-6,9-10H2,1-2H3,(H2,24,25,26,27). The molecule has 0 aromatic carbocycles. The molecule has 1 aliphatic carbocycles. The second-order valence-electron chi connectivity index (χ2n) is 8.99. The molecule has 2 bridgehead atoms. The van der Waals surface area contributed by atoms with E-state index in [1.807, 2.05) is 11.8 Å². The van der Waals surface area contributed by atoms with Gasteiger partial charge in [0.1, 0.15) is 11.5 Å². The number of amides is 1. The largest absolute Gasteiger partial charge is 0.334 e. The van der Waals surface area contributed by atoms with Crippen LogP contribution in [0.5, 0.6) is 0 Å². The number of aromatic amines is 1. The molecule has 3 N–H and O–H groups in total. The minimum absolute atomic E-state index is 0.0441. The minimum atomic E-state index is 0.0441. The molecular formula is C22H26N6OS. The van der Waals surface area contributed by atoms with E-state index >= 15 is 0 Å². The molecule has 2 saturated heterocycles. The summed E-state index contributed by atoms with van der Waals surface area (Å²) in [4.78, 5) is 21.5. The summed E-state index contributed by atoms with van der Waals surface area (Å²) in [7, 11) is 0. The van der Waals surface area contributed by atoms with Crippen molar-refractivity contribution in [3.8, 4) is 0 Å². The van der Waals surface area contributed by atoms with Gasteiger partial charge in [0.15, 0.2) is 5.82 Å². The highest BCUT2D eigenvalue weighted by Gasteiger charge is 2.35. The zero-order valence-electron chi connectivity index (χ0n) is 17.3. The lowest BCUT2D eigenvalue weighted by Crippen LogP contribution is -2.53. The van der Waals surface area contributed by atoms with Crippen molar-refractivity contribution < 1.29 is 4.79 Å². The third-order valence-electron chi connectivity index (χ3n) is 6.60. The Bertz CT molecular complexity index is 1130. The Morgan fingerprint density at radius 3 is 2.67 bits per heavy atom. The lowest BCUT2D eigenvalue weighted by atomic mass is 10.1. The van der Waals surface area contributed by atoms with Crippen LogP contribution in [-0.4, -0.2) is 51.2 Å². The first-order chi connectivity index (χ1) is 14.5. The van der Waals surface area contributed by atoms with Crippen molar-refractivity contribution in [1.82, 2.24) is 25.4 Å². The zero-order valence-corrected chi connectivity index (χ0v) is 18.1. The van der Waals surface area contributed by atoms with E-state index in [0.717, 1.165) is 53.2 Å². The van der Waals surface area contributed by atoms with Gasteiger partial charge in [-0.15, -0.1) is 11.3 Å². The van der Waals surface area contributed by atoms with Crippen molar-refractivity contribution in [3.63, 3.8) is 0 Å². The molecule has 8 heteroatoms. The molecule has 7 nitrogen and oxygen atoms in total. The SMILES string of the molecule is Cc1cc2c(Nc3cc(C4CC4)[nH]n3)nc(C(=O)N3CC4CCC(C3)N4)c(C)c2s1. The number of hydrogen-bond acceptors (Lipinski definition) is 6. The van der Waals surface area contributed by atoms with Crippen LogP contribution in [0, 0.1) is 13.8 Å². The van der Waals surface area contributed by atoms with Gasteiger partial charge in [-0.1, -0.05) is 0 Å². The van der Waals surface area contributed by atoms with Crippen molar-refractivity contribution in [2.24, 2.45) is 0 Å². The molecule has 2 unspecified atom stereocenters.